The molecule has 1 heterocycles. The van der Waals surface area contributed by atoms with E-state index in [1.54, 1.807) is 0 Å². The molecule has 1 aliphatic heterocycles. The quantitative estimate of drug-likeness (QED) is 0.836. The molecule has 0 radical (unpaired) electrons. The van der Waals surface area contributed by atoms with Gasteiger partial charge < -0.3 is 5.32 Å². The number of nitrogens with zero attached hydrogens (tertiary/aromatic N) is 1. The number of carbonyl (C=O) groups is 2. The van der Waals surface area contributed by atoms with E-state index in [0.717, 1.165) is 12.1 Å². The Labute approximate surface area is 158 Å². The van der Waals surface area contributed by atoms with E-state index in [0.29, 0.717) is 10.4 Å². The minimum atomic E-state index is -3.81. The summed E-state index contributed by atoms with van der Waals surface area (Å²) in [4.78, 5) is 24.4. The summed E-state index contributed by atoms with van der Waals surface area (Å²) < 4.78 is 51.3. The van der Waals surface area contributed by atoms with Crippen molar-refractivity contribution in [3.63, 3.8) is 0 Å². The number of hydrogen-bond donors (Lipinski definition) is 1. The molecule has 0 aliphatic carbocycles. The molecule has 0 bridgehead atoms. The van der Waals surface area contributed by atoms with E-state index in [1.165, 1.54) is 25.1 Å². The molecule has 142 valence electrons. The van der Waals surface area contributed by atoms with Gasteiger partial charge in [0.15, 0.2) is 0 Å². The van der Waals surface area contributed by atoms with Crippen molar-refractivity contribution in [3.05, 3.63) is 58.6 Å². The first-order valence-corrected chi connectivity index (χ1v) is 9.71. The first-order chi connectivity index (χ1) is 12.6. The summed E-state index contributed by atoms with van der Waals surface area (Å²) in [7, 11) is -3.81. The van der Waals surface area contributed by atoms with E-state index < -0.39 is 39.4 Å². The van der Waals surface area contributed by atoms with E-state index in [4.69, 9.17) is 11.6 Å². The van der Waals surface area contributed by atoms with Crippen molar-refractivity contribution in [1.29, 1.82) is 0 Å². The fourth-order valence-corrected chi connectivity index (χ4v) is 4.80. The zero-order valence-corrected chi connectivity index (χ0v) is 15.4. The Morgan fingerprint density at radius 1 is 1.19 bits per heavy atom. The van der Waals surface area contributed by atoms with Crippen molar-refractivity contribution in [1.82, 2.24) is 0 Å². The van der Waals surface area contributed by atoms with Gasteiger partial charge in [-0.25, -0.2) is 21.5 Å². The molecule has 3 rings (SSSR count). The van der Waals surface area contributed by atoms with Crippen LogP contribution in [0.1, 0.15) is 17.3 Å². The lowest BCUT2D eigenvalue weighted by Crippen LogP contribution is -2.30. The summed E-state index contributed by atoms with van der Waals surface area (Å²) in [6.07, 6.45) is 0. The normalized spacial score (nSPS) is 18.6. The van der Waals surface area contributed by atoms with Crippen LogP contribution in [0.2, 0.25) is 5.02 Å². The first kappa shape index (κ1) is 19.2. The maximum Gasteiger partial charge on any atom is 0.257 e. The molecule has 10 heteroatoms. The average Bonchev–Trinajstić information content (AvgIpc) is 2.73. The third kappa shape index (κ3) is 3.79. The first-order valence-electron chi connectivity index (χ1n) is 7.72. The summed E-state index contributed by atoms with van der Waals surface area (Å²) in [6, 6.07) is 6.19. The molecule has 6 nitrogen and oxygen atoms in total. The summed E-state index contributed by atoms with van der Waals surface area (Å²) in [5.74, 6) is -4.05. The van der Waals surface area contributed by atoms with Crippen LogP contribution < -0.4 is 9.62 Å². The number of amides is 2. The van der Waals surface area contributed by atoms with E-state index in [2.05, 4.69) is 5.32 Å². The second-order valence-corrected chi connectivity index (χ2v) is 8.33. The van der Waals surface area contributed by atoms with Gasteiger partial charge in [-0.2, -0.15) is 0 Å². The Morgan fingerprint density at radius 3 is 2.33 bits per heavy atom. The zero-order chi connectivity index (χ0) is 19.9. The molecule has 1 fully saturated rings. The average molecular weight is 415 g/mol. The number of sulfonamides is 1. The lowest BCUT2D eigenvalue weighted by Gasteiger charge is -2.16. The fraction of sp³-hybridized carbons (Fsp3) is 0.176. The molecule has 2 aromatic carbocycles. The Balaban J connectivity index is 1.89. The number of halogens is 3. The predicted molar refractivity (Wildman–Crippen MR) is 96.2 cm³/mol. The number of benzene rings is 2. The van der Waals surface area contributed by atoms with E-state index in [-0.39, 0.29) is 27.7 Å². The van der Waals surface area contributed by atoms with Gasteiger partial charge in [0.2, 0.25) is 15.9 Å². The van der Waals surface area contributed by atoms with Crippen LogP contribution in [0.25, 0.3) is 0 Å². The van der Waals surface area contributed by atoms with Gasteiger partial charge in [-0.05, 0) is 30.3 Å². The van der Waals surface area contributed by atoms with Gasteiger partial charge in [-0.15, -0.1) is 0 Å². The minimum Gasteiger partial charge on any atom is -0.322 e. The lowest BCUT2D eigenvalue weighted by molar-refractivity contribution is -0.119. The number of hydrogen-bond acceptors (Lipinski definition) is 4. The van der Waals surface area contributed by atoms with E-state index >= 15 is 0 Å². The van der Waals surface area contributed by atoms with Gasteiger partial charge in [0.05, 0.1) is 27.9 Å². The van der Waals surface area contributed by atoms with Gasteiger partial charge in [-0.1, -0.05) is 18.5 Å². The predicted octanol–water partition coefficient (Wildman–Crippen LogP) is 3.18. The van der Waals surface area contributed by atoms with Crippen molar-refractivity contribution in [3.8, 4) is 0 Å². The monoisotopic (exact) mass is 414 g/mol. The van der Waals surface area contributed by atoms with Crippen LogP contribution in [0.15, 0.2) is 36.4 Å². The van der Waals surface area contributed by atoms with Gasteiger partial charge in [-0.3, -0.25) is 9.59 Å². The standard InChI is InChI=1S/C17H13ClF2N2O4S/c1-9-8-27(25,26)22(17(9)24)13-2-3-14(15(18)7-13)16(23)21-12-5-10(19)4-11(20)6-12/h2-7,9H,8H2,1H3,(H,21,23). The van der Waals surface area contributed by atoms with Crippen LogP contribution in [0, 0.1) is 17.6 Å². The molecule has 2 amide bonds. The Morgan fingerprint density at radius 2 is 1.81 bits per heavy atom. The van der Waals surface area contributed by atoms with Crippen molar-refractivity contribution >= 4 is 44.8 Å². The van der Waals surface area contributed by atoms with Crippen LogP contribution in [-0.2, 0) is 14.8 Å². The smallest absolute Gasteiger partial charge is 0.257 e. The number of carbonyl (C=O) groups excluding carboxylic acids is 2. The number of anilines is 2. The molecule has 0 saturated carbocycles. The third-order valence-electron chi connectivity index (χ3n) is 3.91. The SMILES string of the molecule is CC1CS(=O)(=O)N(c2ccc(C(=O)Nc3cc(F)cc(F)c3)c(Cl)c2)C1=O. The number of nitrogens with one attached hydrogen (secondary N) is 1. The largest absolute Gasteiger partial charge is 0.322 e. The second kappa shape index (κ2) is 6.90. The molecular weight excluding hydrogens is 402 g/mol. The lowest BCUT2D eigenvalue weighted by atomic mass is 10.1. The summed E-state index contributed by atoms with van der Waals surface area (Å²) >= 11 is 6.07. The Bertz CT molecular complexity index is 1040. The van der Waals surface area contributed by atoms with Crippen molar-refractivity contribution in [2.75, 3.05) is 15.4 Å². The van der Waals surface area contributed by atoms with Gasteiger partial charge in [0.1, 0.15) is 11.6 Å². The summed E-state index contributed by atoms with van der Waals surface area (Å²) in [5, 5.41) is 2.18. The van der Waals surface area contributed by atoms with Crippen LogP contribution in [0.5, 0.6) is 0 Å². The molecule has 1 aliphatic rings. The highest BCUT2D eigenvalue weighted by molar-refractivity contribution is 7.94. The summed E-state index contributed by atoms with van der Waals surface area (Å²) in [6.45, 7) is 1.50. The molecule has 27 heavy (non-hydrogen) atoms. The van der Waals surface area contributed by atoms with Gasteiger partial charge in [0, 0.05) is 11.8 Å². The highest BCUT2D eigenvalue weighted by Gasteiger charge is 2.42. The molecule has 1 N–H and O–H groups in total. The van der Waals surface area contributed by atoms with Crippen LogP contribution in [0.4, 0.5) is 20.2 Å². The molecule has 1 saturated heterocycles. The van der Waals surface area contributed by atoms with Crippen LogP contribution in [0.3, 0.4) is 0 Å². The second-order valence-electron chi connectivity index (χ2n) is 6.06. The molecule has 0 spiro atoms. The maximum absolute atomic E-state index is 13.2. The van der Waals surface area contributed by atoms with E-state index in [9.17, 15) is 26.8 Å². The third-order valence-corrected chi connectivity index (χ3v) is 6.09. The molecule has 0 aromatic heterocycles. The fourth-order valence-electron chi connectivity index (χ4n) is 2.73. The molecule has 1 unspecified atom stereocenters. The highest BCUT2D eigenvalue weighted by Crippen LogP contribution is 2.31. The topological polar surface area (TPSA) is 83.6 Å². The zero-order valence-electron chi connectivity index (χ0n) is 13.9. The Hall–Kier alpha value is -2.52. The highest BCUT2D eigenvalue weighted by atomic mass is 35.5. The molecular formula is C17H13ClF2N2O4S. The summed E-state index contributed by atoms with van der Waals surface area (Å²) in [5.41, 5.74) is -0.145. The maximum atomic E-state index is 13.2. The van der Waals surface area contributed by atoms with Crippen LogP contribution >= 0.6 is 11.6 Å². The Kier molecular flexibility index (Phi) is 4.92. The van der Waals surface area contributed by atoms with Crippen LogP contribution in [-0.4, -0.2) is 26.0 Å². The van der Waals surface area contributed by atoms with Gasteiger partial charge in [0.25, 0.3) is 5.91 Å². The van der Waals surface area contributed by atoms with Crippen molar-refractivity contribution in [2.24, 2.45) is 5.92 Å². The van der Waals surface area contributed by atoms with Crippen molar-refractivity contribution in [2.45, 2.75) is 6.92 Å². The van der Waals surface area contributed by atoms with Crippen molar-refractivity contribution < 1.29 is 26.8 Å². The van der Waals surface area contributed by atoms with Gasteiger partial charge >= 0.3 is 0 Å². The minimum absolute atomic E-state index is 0.0164. The molecule has 1 atom stereocenters. The van der Waals surface area contributed by atoms with E-state index in [1.807, 2.05) is 0 Å². The molecule has 2 aromatic rings. The number of rotatable bonds is 3.